The fourth-order valence-electron chi connectivity index (χ4n) is 3.31. The maximum Gasteiger partial charge on any atom is 0.344 e. The number of non-ortho nitro benzene ring substituents is 1. The number of nitrogens with zero attached hydrogens (tertiary/aromatic N) is 2. The summed E-state index contributed by atoms with van der Waals surface area (Å²) >= 11 is 0. The Labute approximate surface area is 183 Å². The first-order valence-electron chi connectivity index (χ1n) is 9.59. The minimum Gasteiger partial charge on any atom is -0.493 e. The van der Waals surface area contributed by atoms with Crippen LogP contribution in [0.1, 0.15) is 10.4 Å². The number of fused-ring (bicyclic) bond motifs is 1. The van der Waals surface area contributed by atoms with Crippen LogP contribution in [0.15, 0.2) is 72.8 Å². The molecule has 4 rings (SSSR count). The van der Waals surface area contributed by atoms with Crippen molar-refractivity contribution < 1.29 is 23.9 Å². The molecule has 0 fully saturated rings. The normalized spacial score (nSPS) is 10.6. The number of benzene rings is 3. The molecule has 0 saturated carbocycles. The number of hydrogen-bond acceptors (Lipinski definition) is 7. The van der Waals surface area contributed by atoms with Gasteiger partial charge in [0.1, 0.15) is 5.75 Å². The van der Waals surface area contributed by atoms with Crippen LogP contribution in [0, 0.1) is 10.1 Å². The zero-order valence-electron chi connectivity index (χ0n) is 17.3. The highest BCUT2D eigenvalue weighted by molar-refractivity contribution is 6.05. The topological polar surface area (TPSA) is 101 Å². The summed E-state index contributed by atoms with van der Waals surface area (Å²) in [6.45, 7) is 0. The molecule has 160 valence electrons. The zero-order valence-corrected chi connectivity index (χ0v) is 17.3. The molecule has 0 aliphatic rings. The van der Waals surface area contributed by atoms with E-state index in [1.165, 1.54) is 31.4 Å². The summed E-state index contributed by atoms with van der Waals surface area (Å²) in [4.78, 5) is 28.2. The fraction of sp³-hybridized carbons (Fsp3) is 0.0833. The average molecular weight is 430 g/mol. The van der Waals surface area contributed by atoms with Crippen molar-refractivity contribution in [2.24, 2.45) is 0 Å². The van der Waals surface area contributed by atoms with Crippen molar-refractivity contribution >= 4 is 22.6 Å². The number of nitro groups is 1. The lowest BCUT2D eigenvalue weighted by atomic mass is 10.0. The molecule has 1 heterocycles. The van der Waals surface area contributed by atoms with Crippen molar-refractivity contribution in [1.29, 1.82) is 0 Å². The first-order valence-corrected chi connectivity index (χ1v) is 9.59. The highest BCUT2D eigenvalue weighted by Crippen LogP contribution is 2.33. The molecule has 8 nitrogen and oxygen atoms in total. The van der Waals surface area contributed by atoms with Gasteiger partial charge >= 0.3 is 5.97 Å². The largest absolute Gasteiger partial charge is 0.493 e. The second kappa shape index (κ2) is 8.73. The van der Waals surface area contributed by atoms with Crippen molar-refractivity contribution in [3.63, 3.8) is 0 Å². The van der Waals surface area contributed by atoms with Gasteiger partial charge in [-0.05, 0) is 36.4 Å². The molecule has 3 aromatic carbocycles. The molecule has 0 amide bonds. The molecule has 0 unspecified atom stereocenters. The van der Waals surface area contributed by atoms with Crippen molar-refractivity contribution in [3.05, 3.63) is 88.5 Å². The predicted molar refractivity (Wildman–Crippen MR) is 118 cm³/mol. The van der Waals surface area contributed by atoms with E-state index in [0.717, 1.165) is 5.56 Å². The van der Waals surface area contributed by atoms with Crippen LogP contribution in [-0.4, -0.2) is 30.1 Å². The predicted octanol–water partition coefficient (Wildman–Crippen LogP) is 5.05. The minimum atomic E-state index is -0.647. The summed E-state index contributed by atoms with van der Waals surface area (Å²) in [6.07, 6.45) is 0. The number of esters is 1. The van der Waals surface area contributed by atoms with Gasteiger partial charge in [-0.1, -0.05) is 24.3 Å². The summed E-state index contributed by atoms with van der Waals surface area (Å²) in [5, 5.41) is 11.6. The second-order valence-electron chi connectivity index (χ2n) is 6.79. The van der Waals surface area contributed by atoms with Crippen molar-refractivity contribution in [2.75, 3.05) is 14.2 Å². The molecule has 0 saturated heterocycles. The highest BCUT2D eigenvalue weighted by Gasteiger charge is 2.18. The van der Waals surface area contributed by atoms with Crippen LogP contribution in [0.5, 0.6) is 17.2 Å². The summed E-state index contributed by atoms with van der Waals surface area (Å²) < 4.78 is 16.1. The molecule has 0 spiro atoms. The van der Waals surface area contributed by atoms with Crippen molar-refractivity contribution in [3.8, 4) is 28.5 Å². The van der Waals surface area contributed by atoms with Crippen LogP contribution in [0.4, 0.5) is 5.69 Å². The molecule has 0 aliphatic heterocycles. The van der Waals surface area contributed by atoms with E-state index in [1.807, 2.05) is 12.1 Å². The maximum atomic E-state index is 13.1. The van der Waals surface area contributed by atoms with Crippen molar-refractivity contribution in [1.82, 2.24) is 4.98 Å². The van der Waals surface area contributed by atoms with E-state index in [9.17, 15) is 14.9 Å². The Morgan fingerprint density at radius 1 is 0.906 bits per heavy atom. The Hall–Kier alpha value is -4.46. The Morgan fingerprint density at radius 3 is 2.44 bits per heavy atom. The van der Waals surface area contributed by atoms with Crippen LogP contribution in [0.3, 0.4) is 0 Å². The number of carbonyl (C=O) groups excluding carboxylic acids is 1. The van der Waals surface area contributed by atoms with Gasteiger partial charge in [-0.15, -0.1) is 0 Å². The molecule has 4 aromatic rings. The number of nitro benzene ring substituents is 1. The number of ether oxygens (including phenoxy) is 3. The monoisotopic (exact) mass is 430 g/mol. The van der Waals surface area contributed by atoms with Crippen LogP contribution in [0.2, 0.25) is 0 Å². The third kappa shape index (κ3) is 4.06. The van der Waals surface area contributed by atoms with Gasteiger partial charge in [0.25, 0.3) is 5.69 Å². The Bertz CT molecular complexity index is 1340. The highest BCUT2D eigenvalue weighted by atomic mass is 16.6. The van der Waals surface area contributed by atoms with Crippen molar-refractivity contribution in [2.45, 2.75) is 0 Å². The van der Waals surface area contributed by atoms with Crippen LogP contribution in [0.25, 0.3) is 22.2 Å². The number of hydrogen-bond donors (Lipinski definition) is 0. The van der Waals surface area contributed by atoms with Gasteiger partial charge in [0.05, 0.1) is 42.0 Å². The molecule has 0 bridgehead atoms. The first kappa shape index (κ1) is 20.8. The SMILES string of the molecule is COc1ccc(-c2cc(C(=O)Oc3cccc([N+](=O)[O-])c3)c3ccccc3n2)cc1OC. The van der Waals surface area contributed by atoms with E-state index < -0.39 is 10.9 Å². The zero-order chi connectivity index (χ0) is 22.7. The number of aromatic nitrogens is 1. The standard InChI is InChI=1S/C24H18N2O6/c1-30-22-11-10-15(12-23(22)31-2)21-14-19(18-8-3-4-9-20(18)25-21)24(27)32-17-7-5-6-16(13-17)26(28)29/h3-14H,1-2H3. The van der Waals surface area contributed by atoms with E-state index in [0.29, 0.717) is 28.1 Å². The molecule has 0 atom stereocenters. The molecule has 1 aromatic heterocycles. The Balaban J connectivity index is 1.78. The molecule has 0 radical (unpaired) electrons. The molecule has 0 N–H and O–H groups in total. The van der Waals surface area contributed by atoms with Crippen LogP contribution < -0.4 is 14.2 Å². The lowest BCUT2D eigenvalue weighted by molar-refractivity contribution is -0.384. The van der Waals surface area contributed by atoms with Crippen LogP contribution in [-0.2, 0) is 0 Å². The van der Waals surface area contributed by atoms with Crippen LogP contribution >= 0.6 is 0 Å². The first-order chi connectivity index (χ1) is 15.5. The molecule has 8 heteroatoms. The van der Waals surface area contributed by atoms with E-state index in [2.05, 4.69) is 4.98 Å². The maximum absolute atomic E-state index is 13.1. The second-order valence-corrected chi connectivity index (χ2v) is 6.79. The molecule has 32 heavy (non-hydrogen) atoms. The van der Waals surface area contributed by atoms with Gasteiger partial charge in [0.15, 0.2) is 11.5 Å². The molecule has 0 aliphatic carbocycles. The lowest BCUT2D eigenvalue weighted by Gasteiger charge is -2.12. The third-order valence-corrected chi connectivity index (χ3v) is 4.85. The smallest absolute Gasteiger partial charge is 0.344 e. The molecular formula is C24H18N2O6. The Kier molecular flexibility index (Phi) is 5.67. The van der Waals surface area contributed by atoms with Gasteiger partial charge < -0.3 is 14.2 Å². The van der Waals surface area contributed by atoms with E-state index >= 15 is 0 Å². The number of pyridine rings is 1. The molecular weight excluding hydrogens is 412 g/mol. The van der Waals surface area contributed by atoms with Gasteiger partial charge in [-0.2, -0.15) is 0 Å². The summed E-state index contributed by atoms with van der Waals surface area (Å²) in [6, 6.07) is 19.6. The minimum absolute atomic E-state index is 0.0813. The van der Waals surface area contributed by atoms with Gasteiger partial charge in [0, 0.05) is 17.0 Å². The van der Waals surface area contributed by atoms with E-state index in [1.54, 1.807) is 43.5 Å². The van der Waals surface area contributed by atoms with E-state index in [-0.39, 0.29) is 17.0 Å². The van der Waals surface area contributed by atoms with Gasteiger partial charge in [0.2, 0.25) is 0 Å². The summed E-state index contributed by atoms with van der Waals surface area (Å²) in [5.41, 5.74) is 1.98. The van der Waals surface area contributed by atoms with Gasteiger partial charge in [-0.25, -0.2) is 9.78 Å². The summed E-state index contributed by atoms with van der Waals surface area (Å²) in [7, 11) is 3.09. The number of methoxy groups -OCH3 is 2. The number of para-hydroxylation sites is 1. The van der Waals surface area contributed by atoms with E-state index in [4.69, 9.17) is 14.2 Å². The average Bonchev–Trinajstić information content (AvgIpc) is 2.82. The number of rotatable bonds is 6. The number of carbonyl (C=O) groups is 1. The third-order valence-electron chi connectivity index (χ3n) is 4.85. The summed E-state index contributed by atoms with van der Waals surface area (Å²) in [5.74, 6) is 0.534. The van der Waals surface area contributed by atoms with Gasteiger partial charge in [-0.3, -0.25) is 10.1 Å². The Morgan fingerprint density at radius 2 is 1.69 bits per heavy atom. The quantitative estimate of drug-likeness (QED) is 0.183. The fourth-order valence-corrected chi connectivity index (χ4v) is 3.31. The lowest BCUT2D eigenvalue weighted by Crippen LogP contribution is -2.10.